The molecule has 0 radical (unpaired) electrons. The third-order valence-electron chi connectivity index (χ3n) is 5.26. The lowest BCUT2D eigenvalue weighted by atomic mass is 9.98. The summed E-state index contributed by atoms with van der Waals surface area (Å²) in [6.07, 6.45) is 0. The van der Waals surface area contributed by atoms with Gasteiger partial charge < -0.3 is 4.74 Å². The molecule has 4 aromatic rings. The van der Waals surface area contributed by atoms with Crippen molar-refractivity contribution in [3.8, 4) is 0 Å². The van der Waals surface area contributed by atoms with Crippen LogP contribution in [0.15, 0.2) is 118 Å². The standard InChI is InChI=1S/C28H23FIO2S/c1-28(2,32-27(31)26-24(29)14-9-15-25(26)30)20-16-18-23(19-17-20)33(21-10-5-3-6-11-21)22-12-7-4-8-13-22/h3-19H,1-2H3/q+1. The average molecular weight is 569 g/mol. The second kappa shape index (κ2) is 10.1. The predicted molar refractivity (Wildman–Crippen MR) is 139 cm³/mol. The van der Waals surface area contributed by atoms with Gasteiger partial charge in [-0.05, 0) is 90.5 Å². The van der Waals surface area contributed by atoms with E-state index >= 15 is 0 Å². The van der Waals surface area contributed by atoms with Crippen molar-refractivity contribution in [3.05, 3.63) is 124 Å². The molecule has 0 aliphatic carbocycles. The van der Waals surface area contributed by atoms with Gasteiger partial charge in [0.25, 0.3) is 0 Å². The van der Waals surface area contributed by atoms with Crippen LogP contribution in [0, 0.1) is 9.39 Å². The zero-order valence-electron chi connectivity index (χ0n) is 18.3. The number of esters is 1. The van der Waals surface area contributed by atoms with Gasteiger partial charge in [0.15, 0.2) is 14.7 Å². The fraction of sp³-hybridized carbons (Fsp3) is 0.107. The van der Waals surface area contributed by atoms with Gasteiger partial charge >= 0.3 is 5.97 Å². The first-order valence-corrected chi connectivity index (χ1v) is 12.8. The van der Waals surface area contributed by atoms with Gasteiger partial charge in [-0.1, -0.05) is 54.6 Å². The number of hydrogen-bond acceptors (Lipinski definition) is 2. The van der Waals surface area contributed by atoms with E-state index in [2.05, 4.69) is 60.7 Å². The first-order valence-electron chi connectivity index (χ1n) is 10.5. The maximum Gasteiger partial charge on any atom is 0.343 e. The van der Waals surface area contributed by atoms with Crippen molar-refractivity contribution in [3.63, 3.8) is 0 Å². The van der Waals surface area contributed by atoms with E-state index in [1.165, 1.54) is 20.8 Å². The minimum atomic E-state index is -0.918. The Morgan fingerprint density at radius 1 is 0.758 bits per heavy atom. The number of rotatable bonds is 6. The molecule has 0 unspecified atom stereocenters. The van der Waals surface area contributed by atoms with Gasteiger partial charge in [0.2, 0.25) is 0 Å². The maximum absolute atomic E-state index is 14.2. The minimum absolute atomic E-state index is 0.0301. The molecule has 4 aromatic carbocycles. The van der Waals surface area contributed by atoms with Crippen LogP contribution in [0.3, 0.4) is 0 Å². The molecule has 0 spiro atoms. The summed E-state index contributed by atoms with van der Waals surface area (Å²) >= 11 is 1.95. The normalized spacial score (nSPS) is 11.4. The summed E-state index contributed by atoms with van der Waals surface area (Å²) in [7, 11) is -0.255. The van der Waals surface area contributed by atoms with Crippen molar-refractivity contribution in [2.45, 2.75) is 34.1 Å². The molecule has 0 saturated carbocycles. The van der Waals surface area contributed by atoms with Crippen molar-refractivity contribution in [1.82, 2.24) is 0 Å². The van der Waals surface area contributed by atoms with Gasteiger partial charge in [-0.2, -0.15) is 0 Å². The summed E-state index contributed by atoms with van der Waals surface area (Å²) < 4.78 is 20.5. The number of ether oxygens (including phenoxy) is 1. The first-order chi connectivity index (χ1) is 15.9. The smallest absolute Gasteiger partial charge is 0.343 e. The van der Waals surface area contributed by atoms with Crippen molar-refractivity contribution >= 4 is 39.5 Å². The fourth-order valence-corrected chi connectivity index (χ4v) is 6.32. The molecule has 0 aliphatic rings. The summed E-state index contributed by atoms with van der Waals surface area (Å²) in [6.45, 7) is 3.64. The number of hydrogen-bond donors (Lipinski definition) is 0. The van der Waals surface area contributed by atoms with Crippen molar-refractivity contribution in [2.75, 3.05) is 0 Å². The Morgan fingerprint density at radius 2 is 1.27 bits per heavy atom. The van der Waals surface area contributed by atoms with E-state index in [9.17, 15) is 9.18 Å². The van der Waals surface area contributed by atoms with E-state index in [4.69, 9.17) is 4.74 Å². The van der Waals surface area contributed by atoms with Gasteiger partial charge in [0.1, 0.15) is 17.0 Å². The predicted octanol–water partition coefficient (Wildman–Crippen LogP) is 7.62. The summed E-state index contributed by atoms with van der Waals surface area (Å²) in [5, 5.41) is 0. The molecular formula is C28H23FIO2S+. The van der Waals surface area contributed by atoms with E-state index in [0.717, 1.165) is 5.56 Å². The topological polar surface area (TPSA) is 26.3 Å². The molecule has 166 valence electrons. The van der Waals surface area contributed by atoms with Gasteiger partial charge in [0, 0.05) is 3.57 Å². The molecule has 4 rings (SSSR count). The molecule has 2 nitrogen and oxygen atoms in total. The zero-order valence-corrected chi connectivity index (χ0v) is 21.3. The molecular weight excluding hydrogens is 546 g/mol. The zero-order chi connectivity index (χ0) is 23.4. The Bertz CT molecular complexity index is 1180. The molecule has 0 aliphatic heterocycles. The van der Waals surface area contributed by atoms with E-state index < -0.39 is 17.4 Å². The van der Waals surface area contributed by atoms with Crippen molar-refractivity contribution in [2.24, 2.45) is 0 Å². The van der Waals surface area contributed by atoms with Crippen LogP contribution in [-0.4, -0.2) is 5.97 Å². The van der Waals surface area contributed by atoms with E-state index in [-0.39, 0.29) is 16.5 Å². The van der Waals surface area contributed by atoms with Gasteiger partial charge in [-0.15, -0.1) is 0 Å². The van der Waals surface area contributed by atoms with Crippen LogP contribution in [0.1, 0.15) is 29.8 Å². The van der Waals surface area contributed by atoms with E-state index in [1.807, 2.05) is 60.7 Å². The highest BCUT2D eigenvalue weighted by molar-refractivity contribution is 14.1. The Labute approximate surface area is 210 Å². The summed E-state index contributed by atoms with van der Waals surface area (Å²) in [4.78, 5) is 16.4. The molecule has 0 N–H and O–H groups in total. The SMILES string of the molecule is CC(C)(OC(=O)c1c(F)cccc1I)c1ccc([S+](c2ccccc2)c2ccccc2)cc1. The number of carbonyl (C=O) groups is 1. The molecule has 5 heteroatoms. The van der Waals surface area contributed by atoms with E-state index in [1.54, 1.807) is 12.1 Å². The molecule has 0 heterocycles. The number of carbonyl (C=O) groups excluding carboxylic acids is 1. The lowest BCUT2D eigenvalue weighted by molar-refractivity contribution is -0.00374. The van der Waals surface area contributed by atoms with Crippen molar-refractivity contribution in [1.29, 1.82) is 0 Å². The van der Waals surface area contributed by atoms with Gasteiger partial charge in [0.05, 0.1) is 10.9 Å². The molecule has 0 fully saturated rings. The summed E-state index contributed by atoms with van der Waals surface area (Å²) in [6, 6.07) is 33.5. The highest BCUT2D eigenvalue weighted by Crippen LogP contribution is 2.33. The molecule has 0 bridgehead atoms. The Hall–Kier alpha value is -2.64. The first kappa shape index (κ1) is 23.5. The molecule has 0 aromatic heterocycles. The average Bonchev–Trinajstić information content (AvgIpc) is 2.81. The van der Waals surface area contributed by atoms with Crippen LogP contribution >= 0.6 is 22.6 Å². The van der Waals surface area contributed by atoms with Crippen molar-refractivity contribution < 1.29 is 13.9 Å². The van der Waals surface area contributed by atoms with Crippen LogP contribution in [-0.2, 0) is 21.2 Å². The summed E-state index contributed by atoms with van der Waals surface area (Å²) in [5.41, 5.74) is -0.105. The largest absolute Gasteiger partial charge is 0.451 e. The molecule has 0 atom stereocenters. The molecule has 33 heavy (non-hydrogen) atoms. The van der Waals surface area contributed by atoms with Gasteiger partial charge in [-0.3, -0.25) is 0 Å². The maximum atomic E-state index is 14.2. The van der Waals surface area contributed by atoms with E-state index in [0.29, 0.717) is 3.57 Å². The van der Waals surface area contributed by atoms with Crippen LogP contribution in [0.25, 0.3) is 0 Å². The Morgan fingerprint density at radius 3 is 1.79 bits per heavy atom. The molecule has 0 saturated heterocycles. The highest BCUT2D eigenvalue weighted by Gasteiger charge is 2.31. The van der Waals surface area contributed by atoms with Crippen LogP contribution < -0.4 is 0 Å². The Kier molecular flexibility index (Phi) is 7.20. The van der Waals surface area contributed by atoms with Gasteiger partial charge in [-0.25, -0.2) is 9.18 Å². The third kappa shape index (κ3) is 5.31. The highest BCUT2D eigenvalue weighted by atomic mass is 127. The second-order valence-electron chi connectivity index (χ2n) is 7.95. The summed E-state index contributed by atoms with van der Waals surface area (Å²) in [5.74, 6) is -1.24. The number of benzene rings is 4. The fourth-order valence-electron chi connectivity index (χ4n) is 3.55. The quantitative estimate of drug-likeness (QED) is 0.136. The lowest BCUT2D eigenvalue weighted by Gasteiger charge is -2.26. The lowest BCUT2D eigenvalue weighted by Crippen LogP contribution is -2.26. The van der Waals surface area contributed by atoms with Crippen LogP contribution in [0.2, 0.25) is 0 Å². The minimum Gasteiger partial charge on any atom is -0.451 e. The monoisotopic (exact) mass is 569 g/mol. The third-order valence-corrected chi connectivity index (χ3v) is 8.39. The second-order valence-corrected chi connectivity index (χ2v) is 11.1. The molecule has 0 amide bonds. The van der Waals surface area contributed by atoms with Crippen LogP contribution in [0.5, 0.6) is 0 Å². The number of halogens is 2. The van der Waals surface area contributed by atoms with Crippen LogP contribution in [0.4, 0.5) is 4.39 Å². The Balaban J connectivity index is 1.63.